The number of aliphatic hydroxyl groups is 1. The third-order valence-corrected chi connectivity index (χ3v) is 2.11. The van der Waals surface area contributed by atoms with Crippen LogP contribution in [0.1, 0.15) is 47.0 Å². The van der Waals surface area contributed by atoms with E-state index < -0.39 is 0 Å². The van der Waals surface area contributed by atoms with Crippen LogP contribution in [0.3, 0.4) is 0 Å². The summed E-state index contributed by atoms with van der Waals surface area (Å²) in [4.78, 5) is 0. The van der Waals surface area contributed by atoms with E-state index in [4.69, 9.17) is 9.84 Å². The lowest BCUT2D eigenvalue weighted by Crippen LogP contribution is -2.23. The highest BCUT2D eigenvalue weighted by atomic mass is 16.5. The summed E-state index contributed by atoms with van der Waals surface area (Å²) in [7, 11) is 0. The van der Waals surface area contributed by atoms with E-state index in [-0.39, 0.29) is 11.7 Å². The fraction of sp³-hybridized carbons (Fsp3) is 1.00. The van der Waals surface area contributed by atoms with Gasteiger partial charge in [-0.15, -0.1) is 0 Å². The molecule has 0 heterocycles. The fourth-order valence-corrected chi connectivity index (χ4v) is 0.829. The highest BCUT2D eigenvalue weighted by Crippen LogP contribution is 2.14. The molecule has 0 aliphatic rings. The van der Waals surface area contributed by atoms with Gasteiger partial charge < -0.3 is 9.84 Å². The first-order chi connectivity index (χ1) is 5.48. The minimum absolute atomic E-state index is 0.00130. The van der Waals surface area contributed by atoms with Crippen LogP contribution in [0.15, 0.2) is 0 Å². The van der Waals surface area contributed by atoms with Crippen LogP contribution >= 0.6 is 0 Å². The molecule has 0 rings (SSSR count). The minimum Gasteiger partial charge on any atom is -0.393 e. The second kappa shape index (κ2) is 5.55. The normalized spacial score (nSPS) is 14.8. The van der Waals surface area contributed by atoms with Gasteiger partial charge in [-0.3, -0.25) is 0 Å². The highest BCUT2D eigenvalue weighted by Gasteiger charge is 2.14. The molecule has 0 radical (unpaired) electrons. The number of rotatable bonds is 6. The van der Waals surface area contributed by atoms with E-state index in [9.17, 15) is 0 Å². The summed E-state index contributed by atoms with van der Waals surface area (Å²) < 4.78 is 5.62. The van der Waals surface area contributed by atoms with Crippen molar-refractivity contribution in [2.24, 2.45) is 0 Å². The van der Waals surface area contributed by atoms with Crippen LogP contribution in [0, 0.1) is 0 Å². The number of aliphatic hydroxyl groups excluding tert-OH is 1. The summed E-state index contributed by atoms with van der Waals surface area (Å²) in [6.07, 6.45) is 2.61. The van der Waals surface area contributed by atoms with Gasteiger partial charge in [-0.1, -0.05) is 6.92 Å². The molecule has 0 saturated heterocycles. The quantitative estimate of drug-likeness (QED) is 0.626. The van der Waals surface area contributed by atoms with Gasteiger partial charge in [0.15, 0.2) is 0 Å². The topological polar surface area (TPSA) is 29.5 Å². The molecule has 1 unspecified atom stereocenters. The van der Waals surface area contributed by atoms with E-state index in [1.165, 1.54) is 0 Å². The van der Waals surface area contributed by atoms with Gasteiger partial charge in [0.2, 0.25) is 0 Å². The van der Waals surface area contributed by atoms with Gasteiger partial charge in [-0.05, 0) is 40.0 Å². The minimum atomic E-state index is -0.196. The molecule has 1 atom stereocenters. The molecule has 12 heavy (non-hydrogen) atoms. The molecular formula is C10H22O2. The van der Waals surface area contributed by atoms with Crippen LogP contribution in [0.5, 0.6) is 0 Å². The van der Waals surface area contributed by atoms with Gasteiger partial charge in [0.1, 0.15) is 0 Å². The van der Waals surface area contributed by atoms with E-state index in [0.717, 1.165) is 25.9 Å². The lowest BCUT2D eigenvalue weighted by atomic mass is 10.1. The second-order valence-electron chi connectivity index (χ2n) is 3.95. The van der Waals surface area contributed by atoms with E-state index in [1.54, 1.807) is 0 Å². The van der Waals surface area contributed by atoms with Gasteiger partial charge in [0.05, 0.1) is 11.7 Å². The van der Waals surface area contributed by atoms with Crippen LogP contribution in [0.4, 0.5) is 0 Å². The zero-order valence-corrected chi connectivity index (χ0v) is 8.76. The number of hydrogen-bond acceptors (Lipinski definition) is 2. The maximum absolute atomic E-state index is 8.98. The lowest BCUT2D eigenvalue weighted by molar-refractivity contribution is -0.0243. The summed E-state index contributed by atoms with van der Waals surface area (Å²) in [6, 6.07) is 0. The Morgan fingerprint density at radius 3 is 2.42 bits per heavy atom. The summed E-state index contributed by atoms with van der Waals surface area (Å²) in [5.74, 6) is 0. The summed E-state index contributed by atoms with van der Waals surface area (Å²) >= 11 is 0. The van der Waals surface area contributed by atoms with Crippen LogP contribution in [-0.4, -0.2) is 23.4 Å². The fourth-order valence-electron chi connectivity index (χ4n) is 0.829. The van der Waals surface area contributed by atoms with Gasteiger partial charge in [0.25, 0.3) is 0 Å². The molecule has 0 amide bonds. The number of ether oxygens (including phenoxy) is 1. The Morgan fingerprint density at radius 1 is 1.42 bits per heavy atom. The predicted molar refractivity (Wildman–Crippen MR) is 51.2 cm³/mol. The maximum Gasteiger partial charge on any atom is 0.0623 e. The largest absolute Gasteiger partial charge is 0.393 e. The van der Waals surface area contributed by atoms with E-state index in [1.807, 2.05) is 6.92 Å². The first-order valence-corrected chi connectivity index (χ1v) is 4.80. The molecule has 2 heteroatoms. The van der Waals surface area contributed by atoms with Crippen molar-refractivity contribution in [1.82, 2.24) is 0 Å². The zero-order valence-electron chi connectivity index (χ0n) is 8.76. The van der Waals surface area contributed by atoms with Crippen LogP contribution in [0.25, 0.3) is 0 Å². The average molecular weight is 174 g/mol. The standard InChI is InChI=1S/C10H22O2/c1-5-10(3,4)12-8-6-7-9(2)11/h9,11H,5-8H2,1-4H3. The van der Waals surface area contributed by atoms with Gasteiger partial charge in [-0.2, -0.15) is 0 Å². The molecule has 2 nitrogen and oxygen atoms in total. The summed E-state index contributed by atoms with van der Waals surface area (Å²) in [6.45, 7) is 8.87. The number of hydrogen-bond donors (Lipinski definition) is 1. The van der Waals surface area contributed by atoms with E-state index in [2.05, 4.69) is 20.8 Å². The molecule has 0 aliphatic heterocycles. The van der Waals surface area contributed by atoms with Crippen molar-refractivity contribution >= 4 is 0 Å². The molecule has 0 aromatic rings. The van der Waals surface area contributed by atoms with E-state index >= 15 is 0 Å². The lowest BCUT2D eigenvalue weighted by Gasteiger charge is -2.23. The molecule has 0 aromatic carbocycles. The summed E-state index contributed by atoms with van der Waals surface area (Å²) in [5.41, 5.74) is -0.00130. The molecule has 0 spiro atoms. The SMILES string of the molecule is CCC(C)(C)OCCCC(C)O. The monoisotopic (exact) mass is 174 g/mol. The zero-order chi connectivity index (χ0) is 9.61. The van der Waals surface area contributed by atoms with Crippen LogP contribution in [-0.2, 0) is 4.74 Å². The molecule has 0 aliphatic carbocycles. The molecule has 1 N–H and O–H groups in total. The van der Waals surface area contributed by atoms with E-state index in [0.29, 0.717) is 0 Å². The molecule has 0 saturated carbocycles. The van der Waals surface area contributed by atoms with Crippen molar-refractivity contribution in [3.63, 3.8) is 0 Å². The third-order valence-electron chi connectivity index (χ3n) is 2.11. The maximum atomic E-state index is 8.98. The predicted octanol–water partition coefficient (Wildman–Crippen LogP) is 2.35. The van der Waals surface area contributed by atoms with Crippen LogP contribution < -0.4 is 0 Å². The molecule has 0 fully saturated rings. The Hall–Kier alpha value is -0.0800. The van der Waals surface area contributed by atoms with Gasteiger partial charge >= 0.3 is 0 Å². The second-order valence-corrected chi connectivity index (χ2v) is 3.95. The van der Waals surface area contributed by atoms with Crippen molar-refractivity contribution in [3.05, 3.63) is 0 Å². The Balaban J connectivity index is 3.31. The first-order valence-electron chi connectivity index (χ1n) is 4.80. The van der Waals surface area contributed by atoms with Crippen LogP contribution in [0.2, 0.25) is 0 Å². The van der Waals surface area contributed by atoms with Gasteiger partial charge in [-0.25, -0.2) is 0 Å². The van der Waals surface area contributed by atoms with Crippen molar-refractivity contribution in [3.8, 4) is 0 Å². The Bertz CT molecular complexity index is 108. The average Bonchev–Trinajstić information content (AvgIpc) is 1.98. The molecule has 0 aromatic heterocycles. The third kappa shape index (κ3) is 6.62. The van der Waals surface area contributed by atoms with Crippen molar-refractivity contribution in [2.45, 2.75) is 58.7 Å². The molecular weight excluding hydrogens is 152 g/mol. The first kappa shape index (κ1) is 11.9. The van der Waals surface area contributed by atoms with Crippen molar-refractivity contribution in [1.29, 1.82) is 0 Å². The molecule has 0 bridgehead atoms. The Kier molecular flexibility index (Phi) is 5.51. The smallest absolute Gasteiger partial charge is 0.0623 e. The Labute approximate surface area is 75.9 Å². The summed E-state index contributed by atoms with van der Waals surface area (Å²) in [5, 5.41) is 8.98. The highest BCUT2D eigenvalue weighted by molar-refractivity contribution is 4.64. The van der Waals surface area contributed by atoms with Crippen molar-refractivity contribution < 1.29 is 9.84 Å². The Morgan fingerprint density at radius 2 is 2.00 bits per heavy atom. The molecule has 74 valence electrons. The van der Waals surface area contributed by atoms with Crippen molar-refractivity contribution in [2.75, 3.05) is 6.61 Å². The van der Waals surface area contributed by atoms with Gasteiger partial charge in [0, 0.05) is 6.61 Å².